The van der Waals surface area contributed by atoms with E-state index in [-0.39, 0.29) is 0 Å². The van der Waals surface area contributed by atoms with Crippen LogP contribution in [-0.4, -0.2) is 24.6 Å². The molecule has 0 heterocycles. The third-order valence-corrected chi connectivity index (χ3v) is 3.50. The van der Waals surface area contributed by atoms with Crippen molar-refractivity contribution in [2.24, 2.45) is 0 Å². The molecule has 0 aromatic carbocycles. The van der Waals surface area contributed by atoms with Gasteiger partial charge in [0.15, 0.2) is 0 Å². The molecule has 15 heavy (non-hydrogen) atoms. The predicted octanol–water partition coefficient (Wildman–Crippen LogP) is 4.08. The normalized spacial score (nSPS) is 13.0. The van der Waals surface area contributed by atoms with Crippen LogP contribution in [0.4, 0.5) is 0 Å². The van der Waals surface area contributed by atoms with Crippen molar-refractivity contribution in [1.29, 1.82) is 0 Å². The lowest BCUT2D eigenvalue weighted by molar-refractivity contribution is 0.494. The molecule has 0 aliphatic heterocycles. The number of nitrogens with one attached hydrogen (secondary N) is 1. The molecule has 2 heteroatoms. The smallest absolute Gasteiger partial charge is 0.0157 e. The van der Waals surface area contributed by atoms with Gasteiger partial charge in [-0.2, -0.15) is 11.8 Å². The van der Waals surface area contributed by atoms with Crippen LogP contribution in [0.3, 0.4) is 0 Å². The maximum atomic E-state index is 3.56. The molecular formula is C13H29NS. The van der Waals surface area contributed by atoms with E-state index in [1.165, 1.54) is 50.7 Å². The summed E-state index contributed by atoms with van der Waals surface area (Å²) in [6, 6.07) is 0.746. The van der Waals surface area contributed by atoms with E-state index >= 15 is 0 Å². The lowest BCUT2D eigenvalue weighted by Crippen LogP contribution is -2.30. The lowest BCUT2D eigenvalue weighted by atomic mass is 10.1. The molecule has 0 saturated carbocycles. The molecule has 0 bridgehead atoms. The van der Waals surface area contributed by atoms with Gasteiger partial charge in [0, 0.05) is 11.8 Å². The largest absolute Gasteiger partial charge is 0.313 e. The Morgan fingerprint density at radius 3 is 2.27 bits per heavy atom. The summed E-state index contributed by atoms with van der Waals surface area (Å²) in [7, 11) is 0. The Labute approximate surface area is 101 Å². The van der Waals surface area contributed by atoms with Gasteiger partial charge in [0.25, 0.3) is 0 Å². The van der Waals surface area contributed by atoms with Gasteiger partial charge in [-0.05, 0) is 19.2 Å². The zero-order chi connectivity index (χ0) is 11.4. The molecule has 0 aromatic rings. The molecule has 0 fully saturated rings. The van der Waals surface area contributed by atoms with E-state index in [2.05, 4.69) is 25.4 Å². The molecule has 0 spiro atoms. The van der Waals surface area contributed by atoms with E-state index in [1.807, 2.05) is 11.8 Å². The summed E-state index contributed by atoms with van der Waals surface area (Å²) in [6.45, 7) is 5.59. The number of hydrogen-bond donors (Lipinski definition) is 1. The summed E-state index contributed by atoms with van der Waals surface area (Å²) >= 11 is 1.96. The van der Waals surface area contributed by atoms with Gasteiger partial charge in [-0.3, -0.25) is 0 Å². The van der Waals surface area contributed by atoms with Gasteiger partial charge in [0.1, 0.15) is 0 Å². The summed E-state index contributed by atoms with van der Waals surface area (Å²) < 4.78 is 0. The van der Waals surface area contributed by atoms with Gasteiger partial charge in [-0.25, -0.2) is 0 Å². The molecule has 92 valence electrons. The van der Waals surface area contributed by atoms with Crippen LogP contribution in [0.25, 0.3) is 0 Å². The molecule has 0 amide bonds. The van der Waals surface area contributed by atoms with Crippen molar-refractivity contribution in [2.75, 3.05) is 18.6 Å². The van der Waals surface area contributed by atoms with E-state index in [0.29, 0.717) is 0 Å². The van der Waals surface area contributed by atoms with Crippen molar-refractivity contribution in [3.63, 3.8) is 0 Å². The highest BCUT2D eigenvalue weighted by Gasteiger charge is 2.05. The van der Waals surface area contributed by atoms with Crippen molar-refractivity contribution < 1.29 is 0 Å². The van der Waals surface area contributed by atoms with Crippen LogP contribution in [0.5, 0.6) is 0 Å². The molecule has 1 atom stereocenters. The number of thioether (sulfide) groups is 1. The van der Waals surface area contributed by atoms with Crippen LogP contribution in [-0.2, 0) is 0 Å². The van der Waals surface area contributed by atoms with E-state index < -0.39 is 0 Å². The minimum atomic E-state index is 0.746. The van der Waals surface area contributed by atoms with Gasteiger partial charge in [-0.15, -0.1) is 0 Å². The Bertz CT molecular complexity index is 111. The fourth-order valence-electron chi connectivity index (χ4n) is 1.91. The number of hydrogen-bond acceptors (Lipinski definition) is 2. The molecule has 0 aliphatic rings. The van der Waals surface area contributed by atoms with E-state index in [0.717, 1.165) is 12.6 Å². The van der Waals surface area contributed by atoms with Crippen molar-refractivity contribution in [3.05, 3.63) is 0 Å². The average Bonchev–Trinajstić information content (AvgIpc) is 2.24. The van der Waals surface area contributed by atoms with E-state index in [9.17, 15) is 0 Å². The van der Waals surface area contributed by atoms with E-state index in [1.54, 1.807) is 0 Å². The maximum absolute atomic E-state index is 3.56. The fraction of sp³-hybridized carbons (Fsp3) is 1.00. The second kappa shape index (κ2) is 12.4. The predicted molar refractivity (Wildman–Crippen MR) is 73.8 cm³/mol. The highest BCUT2D eigenvalue weighted by Crippen LogP contribution is 2.10. The second-order valence-electron chi connectivity index (χ2n) is 4.27. The SMILES string of the molecule is CCCCCCCCC(CSC)NCC. The Kier molecular flexibility index (Phi) is 12.6. The Morgan fingerprint density at radius 2 is 1.67 bits per heavy atom. The lowest BCUT2D eigenvalue weighted by Gasteiger charge is -2.16. The third-order valence-electron chi connectivity index (χ3n) is 2.77. The third kappa shape index (κ3) is 10.6. The summed E-state index contributed by atoms with van der Waals surface area (Å²) in [5.74, 6) is 1.27. The van der Waals surface area contributed by atoms with Crippen LogP contribution in [0.2, 0.25) is 0 Å². The Morgan fingerprint density at radius 1 is 1.00 bits per heavy atom. The Balaban J connectivity index is 3.28. The van der Waals surface area contributed by atoms with Gasteiger partial charge in [0.2, 0.25) is 0 Å². The fourth-order valence-corrected chi connectivity index (χ4v) is 2.59. The van der Waals surface area contributed by atoms with Crippen LogP contribution in [0.15, 0.2) is 0 Å². The Hall–Kier alpha value is 0.310. The topological polar surface area (TPSA) is 12.0 Å². The van der Waals surface area contributed by atoms with Gasteiger partial charge in [0.05, 0.1) is 0 Å². The molecule has 1 nitrogen and oxygen atoms in total. The van der Waals surface area contributed by atoms with Crippen LogP contribution in [0, 0.1) is 0 Å². The number of rotatable bonds is 11. The first-order valence-electron chi connectivity index (χ1n) is 6.57. The molecule has 0 rings (SSSR count). The van der Waals surface area contributed by atoms with E-state index in [4.69, 9.17) is 0 Å². The molecule has 1 N–H and O–H groups in total. The summed E-state index contributed by atoms with van der Waals surface area (Å²) in [6.07, 6.45) is 12.0. The highest BCUT2D eigenvalue weighted by molar-refractivity contribution is 7.98. The zero-order valence-electron chi connectivity index (χ0n) is 10.8. The van der Waals surface area contributed by atoms with Crippen LogP contribution in [0.1, 0.15) is 58.8 Å². The van der Waals surface area contributed by atoms with Crippen molar-refractivity contribution in [2.45, 2.75) is 64.8 Å². The van der Waals surface area contributed by atoms with Gasteiger partial charge in [-0.1, -0.05) is 52.4 Å². The minimum absolute atomic E-state index is 0.746. The maximum Gasteiger partial charge on any atom is 0.0157 e. The minimum Gasteiger partial charge on any atom is -0.313 e. The molecule has 0 saturated heterocycles. The molecule has 0 aromatic heterocycles. The van der Waals surface area contributed by atoms with Crippen LogP contribution >= 0.6 is 11.8 Å². The zero-order valence-corrected chi connectivity index (χ0v) is 11.7. The van der Waals surface area contributed by atoms with Crippen molar-refractivity contribution in [3.8, 4) is 0 Å². The highest BCUT2D eigenvalue weighted by atomic mass is 32.2. The summed E-state index contributed by atoms with van der Waals surface area (Å²) in [5, 5.41) is 3.56. The number of unbranched alkanes of at least 4 members (excludes halogenated alkanes) is 5. The van der Waals surface area contributed by atoms with Crippen molar-refractivity contribution >= 4 is 11.8 Å². The van der Waals surface area contributed by atoms with Gasteiger partial charge < -0.3 is 5.32 Å². The standard InChI is InChI=1S/C13H29NS/c1-4-6-7-8-9-10-11-13(12-15-3)14-5-2/h13-14H,4-12H2,1-3H3. The second-order valence-corrected chi connectivity index (χ2v) is 5.18. The first kappa shape index (κ1) is 15.3. The van der Waals surface area contributed by atoms with Gasteiger partial charge >= 0.3 is 0 Å². The molecular weight excluding hydrogens is 202 g/mol. The quantitative estimate of drug-likeness (QED) is 0.538. The summed E-state index contributed by atoms with van der Waals surface area (Å²) in [4.78, 5) is 0. The summed E-state index contributed by atoms with van der Waals surface area (Å²) in [5.41, 5.74) is 0. The first-order chi connectivity index (χ1) is 7.35. The average molecular weight is 231 g/mol. The molecule has 1 unspecified atom stereocenters. The first-order valence-corrected chi connectivity index (χ1v) is 7.96. The monoisotopic (exact) mass is 231 g/mol. The molecule has 0 aliphatic carbocycles. The van der Waals surface area contributed by atoms with Crippen LogP contribution < -0.4 is 5.32 Å². The molecule has 0 radical (unpaired) electrons. The van der Waals surface area contributed by atoms with Crippen molar-refractivity contribution in [1.82, 2.24) is 5.32 Å².